The molecule has 1 N–H and O–H groups in total. The predicted octanol–water partition coefficient (Wildman–Crippen LogP) is 6.04. The molecule has 0 saturated carbocycles. The zero-order valence-electron chi connectivity index (χ0n) is 20.5. The summed E-state index contributed by atoms with van der Waals surface area (Å²) in [5.74, 6) is -0.598. The van der Waals surface area contributed by atoms with Crippen molar-refractivity contribution in [2.75, 3.05) is 13.2 Å². The molecule has 3 aromatic rings. The molecule has 0 heterocycles. The molecule has 0 fully saturated rings. The van der Waals surface area contributed by atoms with E-state index in [0.29, 0.717) is 11.3 Å². The van der Waals surface area contributed by atoms with Crippen molar-refractivity contribution in [2.45, 2.75) is 45.3 Å². The van der Waals surface area contributed by atoms with Crippen LogP contribution < -0.4 is 4.74 Å². The highest BCUT2D eigenvalue weighted by molar-refractivity contribution is 5.86. The van der Waals surface area contributed by atoms with Crippen LogP contribution in [-0.4, -0.2) is 41.3 Å². The molecule has 1 amide bonds. The third-order valence-electron chi connectivity index (χ3n) is 6.62. The first-order chi connectivity index (χ1) is 16.8. The molecule has 4 rings (SSSR count). The van der Waals surface area contributed by atoms with Gasteiger partial charge >= 0.3 is 12.1 Å². The minimum absolute atomic E-state index is 0.000302. The van der Waals surface area contributed by atoms with Gasteiger partial charge in [-0.25, -0.2) is 9.59 Å². The largest absolute Gasteiger partial charge is 0.491 e. The number of ether oxygens (including phenoxy) is 2. The average Bonchev–Trinajstić information content (AvgIpc) is 3.16. The van der Waals surface area contributed by atoms with E-state index in [1.165, 1.54) is 11.8 Å². The first kappa shape index (κ1) is 24.3. The molecule has 3 aromatic carbocycles. The van der Waals surface area contributed by atoms with Crippen LogP contribution in [0, 0.1) is 0 Å². The lowest BCUT2D eigenvalue weighted by molar-refractivity contribution is -0.150. The first-order valence-electron chi connectivity index (χ1n) is 11.9. The van der Waals surface area contributed by atoms with Crippen molar-refractivity contribution < 1.29 is 24.2 Å². The summed E-state index contributed by atoms with van der Waals surface area (Å²) in [5.41, 5.74) is 3.34. The number of carboxylic acid groups (broad SMARTS) is 1. The number of amides is 1. The number of hydrogen-bond acceptors (Lipinski definition) is 4. The number of carbonyl (C=O) groups is 2. The van der Waals surface area contributed by atoms with Crippen LogP contribution in [0.5, 0.6) is 5.75 Å². The van der Waals surface area contributed by atoms with Gasteiger partial charge in [-0.05, 0) is 67.6 Å². The molecule has 6 heteroatoms. The van der Waals surface area contributed by atoms with Gasteiger partial charge in [0.1, 0.15) is 12.4 Å². The van der Waals surface area contributed by atoms with E-state index in [1.54, 1.807) is 31.2 Å². The predicted molar refractivity (Wildman–Crippen MR) is 135 cm³/mol. The fourth-order valence-corrected chi connectivity index (χ4v) is 4.82. The van der Waals surface area contributed by atoms with Gasteiger partial charge in [0.2, 0.25) is 0 Å². The molecular formula is C29H31NO5. The van der Waals surface area contributed by atoms with Crippen molar-refractivity contribution in [2.24, 2.45) is 0 Å². The molecular weight excluding hydrogens is 442 g/mol. The lowest BCUT2D eigenvalue weighted by Gasteiger charge is -2.37. The van der Waals surface area contributed by atoms with Gasteiger partial charge in [0.15, 0.2) is 5.54 Å². The van der Waals surface area contributed by atoms with Crippen LogP contribution in [0.25, 0.3) is 11.1 Å². The summed E-state index contributed by atoms with van der Waals surface area (Å²) in [5, 5.41) is 10.2. The molecule has 0 saturated heterocycles. The number of aliphatic carboxylic acids is 1. The van der Waals surface area contributed by atoms with E-state index in [4.69, 9.17) is 9.47 Å². The van der Waals surface area contributed by atoms with Gasteiger partial charge in [0.25, 0.3) is 0 Å². The van der Waals surface area contributed by atoms with Crippen molar-refractivity contribution in [3.8, 4) is 16.9 Å². The molecule has 1 aliphatic carbocycles. The fraction of sp³-hybridized carbons (Fsp3) is 0.310. The fourth-order valence-electron chi connectivity index (χ4n) is 4.82. The van der Waals surface area contributed by atoms with E-state index in [1.807, 2.05) is 50.2 Å². The van der Waals surface area contributed by atoms with Gasteiger partial charge in [0, 0.05) is 12.5 Å². The molecule has 6 nitrogen and oxygen atoms in total. The highest BCUT2D eigenvalue weighted by atomic mass is 16.6. The van der Waals surface area contributed by atoms with Crippen LogP contribution in [0.4, 0.5) is 4.79 Å². The van der Waals surface area contributed by atoms with Crippen LogP contribution in [-0.2, 0) is 15.1 Å². The molecule has 1 aliphatic rings. The SMILES string of the molecule is CCN(C(=O)OCC1c2ccccc2-c2ccccc21)C(C)(C(=O)O)c1ccc(OC(C)C)cc1. The van der Waals surface area contributed by atoms with Crippen molar-refractivity contribution in [1.29, 1.82) is 0 Å². The maximum Gasteiger partial charge on any atom is 0.411 e. The second-order valence-electron chi connectivity index (χ2n) is 9.12. The molecule has 35 heavy (non-hydrogen) atoms. The van der Waals surface area contributed by atoms with E-state index < -0.39 is 17.6 Å². The number of benzene rings is 3. The lowest BCUT2D eigenvalue weighted by Crippen LogP contribution is -2.53. The van der Waals surface area contributed by atoms with Crippen LogP contribution in [0.3, 0.4) is 0 Å². The van der Waals surface area contributed by atoms with E-state index in [9.17, 15) is 14.7 Å². The maximum absolute atomic E-state index is 13.3. The Morgan fingerprint density at radius 2 is 1.49 bits per heavy atom. The summed E-state index contributed by atoms with van der Waals surface area (Å²) < 4.78 is 11.5. The van der Waals surface area contributed by atoms with E-state index >= 15 is 0 Å². The van der Waals surface area contributed by atoms with E-state index in [0.717, 1.165) is 22.3 Å². The molecule has 0 bridgehead atoms. The summed E-state index contributed by atoms with van der Waals surface area (Å²) >= 11 is 0. The van der Waals surface area contributed by atoms with Gasteiger partial charge in [0.05, 0.1) is 6.10 Å². The molecule has 0 aliphatic heterocycles. The maximum atomic E-state index is 13.3. The number of carbonyl (C=O) groups excluding carboxylic acids is 1. The van der Waals surface area contributed by atoms with E-state index in [2.05, 4.69) is 12.1 Å². The van der Waals surface area contributed by atoms with Crippen molar-refractivity contribution in [3.05, 3.63) is 89.5 Å². The monoisotopic (exact) mass is 473 g/mol. The summed E-state index contributed by atoms with van der Waals surface area (Å²) in [7, 11) is 0. The highest BCUT2D eigenvalue weighted by Gasteiger charge is 2.44. The Morgan fingerprint density at radius 3 is 1.97 bits per heavy atom. The highest BCUT2D eigenvalue weighted by Crippen LogP contribution is 2.44. The second kappa shape index (κ2) is 9.82. The van der Waals surface area contributed by atoms with Crippen LogP contribution in [0.1, 0.15) is 50.3 Å². The number of hydrogen-bond donors (Lipinski definition) is 1. The Hall–Kier alpha value is -3.80. The Balaban J connectivity index is 1.57. The molecule has 1 unspecified atom stereocenters. The third kappa shape index (κ3) is 4.48. The first-order valence-corrected chi connectivity index (χ1v) is 11.9. The third-order valence-corrected chi connectivity index (χ3v) is 6.62. The minimum Gasteiger partial charge on any atom is -0.491 e. The summed E-state index contributed by atoms with van der Waals surface area (Å²) in [6.45, 7) is 7.41. The number of carboxylic acids is 1. The zero-order chi connectivity index (χ0) is 25.2. The standard InChI is InChI=1S/C29H31NO5/c1-5-30(29(4,27(31)32)20-14-16-21(17-15-20)35-19(2)3)28(33)34-18-26-24-12-8-6-10-22(24)23-11-7-9-13-25(23)26/h6-17,19,26H,5,18H2,1-4H3,(H,31,32). The Morgan fingerprint density at radius 1 is 0.943 bits per heavy atom. The minimum atomic E-state index is -1.60. The molecule has 0 aromatic heterocycles. The molecule has 0 radical (unpaired) electrons. The zero-order valence-corrected chi connectivity index (χ0v) is 20.5. The van der Waals surface area contributed by atoms with Crippen molar-refractivity contribution >= 4 is 12.1 Å². The topological polar surface area (TPSA) is 76.1 Å². The van der Waals surface area contributed by atoms with Crippen LogP contribution in [0.15, 0.2) is 72.8 Å². The summed E-state index contributed by atoms with van der Waals surface area (Å²) in [6, 6.07) is 23.0. The number of nitrogens with zero attached hydrogens (tertiary/aromatic N) is 1. The van der Waals surface area contributed by atoms with Crippen molar-refractivity contribution in [3.63, 3.8) is 0 Å². The van der Waals surface area contributed by atoms with Gasteiger partial charge in [-0.15, -0.1) is 0 Å². The van der Waals surface area contributed by atoms with Gasteiger partial charge in [-0.1, -0.05) is 60.7 Å². The van der Waals surface area contributed by atoms with Gasteiger partial charge in [-0.3, -0.25) is 4.90 Å². The summed E-state index contributed by atoms with van der Waals surface area (Å²) in [4.78, 5) is 27.1. The van der Waals surface area contributed by atoms with Crippen molar-refractivity contribution in [1.82, 2.24) is 4.90 Å². The number of likely N-dealkylation sites (N-methyl/N-ethyl adjacent to an activating group) is 1. The molecule has 182 valence electrons. The Kier molecular flexibility index (Phi) is 6.83. The van der Waals surface area contributed by atoms with Gasteiger partial charge < -0.3 is 14.6 Å². The smallest absolute Gasteiger partial charge is 0.411 e. The lowest BCUT2D eigenvalue weighted by atomic mass is 9.90. The second-order valence-corrected chi connectivity index (χ2v) is 9.12. The average molecular weight is 474 g/mol. The summed E-state index contributed by atoms with van der Waals surface area (Å²) in [6.07, 6.45) is -0.665. The molecule has 0 spiro atoms. The van der Waals surface area contributed by atoms with E-state index in [-0.39, 0.29) is 25.2 Å². The van der Waals surface area contributed by atoms with Crippen LogP contribution >= 0.6 is 0 Å². The normalized spacial score (nSPS) is 14.1. The van der Waals surface area contributed by atoms with Gasteiger partial charge in [-0.2, -0.15) is 0 Å². The number of fused-ring (bicyclic) bond motifs is 3. The quantitative estimate of drug-likeness (QED) is 0.431. The van der Waals surface area contributed by atoms with Crippen LogP contribution in [0.2, 0.25) is 0 Å². The Labute approximate surface area is 206 Å². The number of rotatable bonds is 8. The molecule has 1 atom stereocenters. The Bertz CT molecular complexity index is 1170.